The quantitative estimate of drug-likeness (QED) is 0.805. The zero-order valence-electron chi connectivity index (χ0n) is 15.6. The molecular weight excluding hydrogens is 332 g/mol. The summed E-state index contributed by atoms with van der Waals surface area (Å²) in [7, 11) is 0. The van der Waals surface area contributed by atoms with Crippen molar-refractivity contribution in [3.8, 4) is 0 Å². The summed E-state index contributed by atoms with van der Waals surface area (Å²) in [6.07, 6.45) is 0. The van der Waals surface area contributed by atoms with Gasteiger partial charge in [-0.2, -0.15) is 0 Å². The van der Waals surface area contributed by atoms with Gasteiger partial charge in [0.05, 0.1) is 0 Å². The Labute approximate surface area is 165 Å². The van der Waals surface area contributed by atoms with Gasteiger partial charge in [0, 0.05) is 76.8 Å². The Balaban J connectivity index is 0.00000210. The van der Waals surface area contributed by atoms with Crippen LogP contribution < -0.4 is 9.80 Å². The SMILES string of the molecule is C.c1ccc(N2CCN(CCN3CCN(c4ccccc4)CC3)CC2)cc1. The van der Waals surface area contributed by atoms with Crippen LogP contribution in [0.25, 0.3) is 0 Å². The van der Waals surface area contributed by atoms with Crippen LogP contribution in [0.5, 0.6) is 0 Å². The van der Waals surface area contributed by atoms with Crippen molar-refractivity contribution in [1.29, 1.82) is 0 Å². The minimum atomic E-state index is 0. The summed E-state index contributed by atoms with van der Waals surface area (Å²) in [4.78, 5) is 10.3. The van der Waals surface area contributed by atoms with E-state index >= 15 is 0 Å². The summed E-state index contributed by atoms with van der Waals surface area (Å²) in [5.74, 6) is 0. The Kier molecular flexibility index (Phi) is 7.13. The molecule has 2 aliphatic rings. The van der Waals surface area contributed by atoms with E-state index in [1.54, 1.807) is 0 Å². The zero-order valence-corrected chi connectivity index (χ0v) is 15.6. The third-order valence-electron chi connectivity index (χ3n) is 5.72. The first-order valence-corrected chi connectivity index (χ1v) is 9.93. The van der Waals surface area contributed by atoms with Crippen LogP contribution in [0.15, 0.2) is 60.7 Å². The maximum atomic E-state index is 2.63. The normalized spacial score (nSPS) is 19.0. The molecule has 2 aliphatic heterocycles. The first-order valence-electron chi connectivity index (χ1n) is 9.93. The van der Waals surface area contributed by atoms with Gasteiger partial charge < -0.3 is 9.80 Å². The van der Waals surface area contributed by atoms with Crippen molar-refractivity contribution >= 4 is 11.4 Å². The lowest BCUT2D eigenvalue weighted by Gasteiger charge is -2.39. The summed E-state index contributed by atoms with van der Waals surface area (Å²) in [5.41, 5.74) is 2.73. The van der Waals surface area contributed by atoms with Gasteiger partial charge in [-0.15, -0.1) is 0 Å². The number of anilines is 2. The fourth-order valence-corrected chi connectivity index (χ4v) is 4.02. The molecule has 2 fully saturated rings. The predicted molar refractivity (Wildman–Crippen MR) is 117 cm³/mol. The van der Waals surface area contributed by atoms with Gasteiger partial charge in [0.2, 0.25) is 0 Å². The van der Waals surface area contributed by atoms with E-state index in [0.29, 0.717) is 0 Å². The molecule has 0 amide bonds. The smallest absolute Gasteiger partial charge is 0.0367 e. The van der Waals surface area contributed by atoms with E-state index in [9.17, 15) is 0 Å². The van der Waals surface area contributed by atoms with Crippen molar-refractivity contribution in [2.75, 3.05) is 75.2 Å². The molecule has 4 rings (SSSR count). The molecule has 0 atom stereocenters. The average Bonchev–Trinajstić information content (AvgIpc) is 2.74. The average molecular weight is 367 g/mol. The Morgan fingerprint density at radius 3 is 1.15 bits per heavy atom. The molecule has 0 bridgehead atoms. The second-order valence-electron chi connectivity index (χ2n) is 7.33. The fraction of sp³-hybridized carbons (Fsp3) is 0.478. The van der Waals surface area contributed by atoms with Crippen LogP contribution in [-0.2, 0) is 0 Å². The second kappa shape index (κ2) is 9.77. The largest absolute Gasteiger partial charge is 0.369 e. The van der Waals surface area contributed by atoms with E-state index in [2.05, 4.69) is 80.3 Å². The molecule has 4 nitrogen and oxygen atoms in total. The fourth-order valence-electron chi connectivity index (χ4n) is 4.02. The Morgan fingerprint density at radius 1 is 0.481 bits per heavy atom. The van der Waals surface area contributed by atoms with E-state index in [0.717, 1.165) is 26.2 Å². The molecule has 0 radical (unpaired) electrons. The van der Waals surface area contributed by atoms with Crippen LogP contribution in [0.3, 0.4) is 0 Å². The van der Waals surface area contributed by atoms with Crippen molar-refractivity contribution in [3.63, 3.8) is 0 Å². The Morgan fingerprint density at radius 2 is 0.815 bits per heavy atom. The number of hydrogen-bond donors (Lipinski definition) is 0. The second-order valence-corrected chi connectivity index (χ2v) is 7.33. The molecule has 0 spiro atoms. The minimum Gasteiger partial charge on any atom is -0.369 e. The van der Waals surface area contributed by atoms with Crippen molar-refractivity contribution < 1.29 is 0 Å². The van der Waals surface area contributed by atoms with Crippen molar-refractivity contribution in [2.45, 2.75) is 7.43 Å². The van der Waals surface area contributed by atoms with Crippen molar-refractivity contribution in [3.05, 3.63) is 60.7 Å². The van der Waals surface area contributed by atoms with Gasteiger partial charge in [-0.25, -0.2) is 0 Å². The topological polar surface area (TPSA) is 13.0 Å². The van der Waals surface area contributed by atoms with E-state index in [1.165, 1.54) is 50.6 Å². The Hall–Kier alpha value is -2.04. The van der Waals surface area contributed by atoms with E-state index < -0.39 is 0 Å². The van der Waals surface area contributed by atoms with Gasteiger partial charge in [-0.05, 0) is 24.3 Å². The van der Waals surface area contributed by atoms with Crippen LogP contribution >= 0.6 is 0 Å². The highest BCUT2D eigenvalue weighted by molar-refractivity contribution is 5.47. The molecule has 0 aliphatic carbocycles. The summed E-state index contributed by atoms with van der Waals surface area (Å²) in [6, 6.07) is 21.6. The van der Waals surface area contributed by atoms with Gasteiger partial charge in [0.25, 0.3) is 0 Å². The lowest BCUT2D eigenvalue weighted by atomic mass is 10.2. The monoisotopic (exact) mass is 366 g/mol. The number of nitrogens with zero attached hydrogens (tertiary/aromatic N) is 4. The zero-order chi connectivity index (χ0) is 17.6. The summed E-state index contributed by atoms with van der Waals surface area (Å²) in [6.45, 7) is 11.7. The summed E-state index contributed by atoms with van der Waals surface area (Å²) in [5, 5.41) is 0. The van der Waals surface area contributed by atoms with E-state index in [-0.39, 0.29) is 7.43 Å². The molecule has 0 unspecified atom stereocenters. The molecular formula is C23H34N4. The summed E-state index contributed by atoms with van der Waals surface area (Å²) < 4.78 is 0. The van der Waals surface area contributed by atoms with Crippen LogP contribution in [0, 0.1) is 0 Å². The van der Waals surface area contributed by atoms with Crippen LogP contribution in [0.4, 0.5) is 11.4 Å². The van der Waals surface area contributed by atoms with E-state index in [1.807, 2.05) is 0 Å². The third-order valence-corrected chi connectivity index (χ3v) is 5.72. The number of piperazine rings is 2. The van der Waals surface area contributed by atoms with Gasteiger partial charge in [-0.3, -0.25) is 9.80 Å². The van der Waals surface area contributed by atoms with Crippen LogP contribution in [0.1, 0.15) is 7.43 Å². The van der Waals surface area contributed by atoms with Gasteiger partial charge >= 0.3 is 0 Å². The summed E-state index contributed by atoms with van der Waals surface area (Å²) >= 11 is 0. The number of hydrogen-bond acceptors (Lipinski definition) is 4. The minimum absolute atomic E-state index is 0. The highest BCUT2D eigenvalue weighted by atomic mass is 15.3. The molecule has 0 N–H and O–H groups in total. The van der Waals surface area contributed by atoms with Crippen LogP contribution in [0.2, 0.25) is 0 Å². The molecule has 0 aromatic heterocycles. The lowest BCUT2D eigenvalue weighted by Crippen LogP contribution is -2.51. The van der Waals surface area contributed by atoms with Crippen molar-refractivity contribution in [1.82, 2.24) is 9.80 Å². The molecule has 0 saturated carbocycles. The molecule has 2 saturated heterocycles. The third kappa shape index (κ3) is 5.24. The maximum absolute atomic E-state index is 2.63. The van der Waals surface area contributed by atoms with Crippen LogP contribution in [-0.4, -0.2) is 75.2 Å². The van der Waals surface area contributed by atoms with Gasteiger partial charge in [0.1, 0.15) is 0 Å². The number of benzene rings is 2. The lowest BCUT2D eigenvalue weighted by molar-refractivity contribution is 0.190. The molecule has 2 aromatic carbocycles. The number of para-hydroxylation sites is 2. The number of rotatable bonds is 5. The van der Waals surface area contributed by atoms with Gasteiger partial charge in [0.15, 0.2) is 0 Å². The molecule has 27 heavy (non-hydrogen) atoms. The van der Waals surface area contributed by atoms with Gasteiger partial charge in [-0.1, -0.05) is 43.8 Å². The highest BCUT2D eigenvalue weighted by Crippen LogP contribution is 2.17. The molecule has 146 valence electrons. The first kappa shape index (κ1) is 19.7. The molecule has 2 heterocycles. The van der Waals surface area contributed by atoms with Crippen molar-refractivity contribution in [2.24, 2.45) is 0 Å². The first-order chi connectivity index (χ1) is 12.9. The molecule has 2 aromatic rings. The van der Waals surface area contributed by atoms with E-state index in [4.69, 9.17) is 0 Å². The highest BCUT2D eigenvalue weighted by Gasteiger charge is 2.20. The predicted octanol–water partition coefficient (Wildman–Crippen LogP) is 3.27. The Bertz CT molecular complexity index is 585. The standard InChI is InChI=1S/C22H30N4.CH4/c1-3-7-21(8-4-1)25-17-13-23(14-18-25)11-12-24-15-19-26(20-16-24)22-9-5-2-6-10-22;/h1-10H,11-20H2;1H4. The molecule has 4 heteroatoms. The maximum Gasteiger partial charge on any atom is 0.0367 e.